The lowest BCUT2D eigenvalue weighted by Crippen LogP contribution is -2.26. The van der Waals surface area contributed by atoms with Gasteiger partial charge in [-0.05, 0) is 13.0 Å². The topological polar surface area (TPSA) is 71.5 Å². The van der Waals surface area contributed by atoms with E-state index in [0.717, 1.165) is 0 Å². The summed E-state index contributed by atoms with van der Waals surface area (Å²) in [5.74, 6) is -0.441. The Morgan fingerprint density at radius 3 is 3.00 bits per heavy atom. The van der Waals surface area contributed by atoms with Crippen molar-refractivity contribution in [1.82, 2.24) is 10.3 Å². The summed E-state index contributed by atoms with van der Waals surface area (Å²) < 4.78 is 17.9. The predicted octanol–water partition coefficient (Wildman–Crippen LogP) is 1.18. The molecular formula is C9H11FN2O3. The highest BCUT2D eigenvalue weighted by molar-refractivity contribution is 5.64. The summed E-state index contributed by atoms with van der Waals surface area (Å²) in [4.78, 5) is 13.6. The van der Waals surface area contributed by atoms with Crippen molar-refractivity contribution in [2.45, 2.75) is 6.92 Å². The second-order valence-electron chi connectivity index (χ2n) is 2.84. The van der Waals surface area contributed by atoms with Gasteiger partial charge in [0.05, 0.1) is 6.54 Å². The summed E-state index contributed by atoms with van der Waals surface area (Å²) in [6, 6.07) is 3.07. The van der Waals surface area contributed by atoms with Crippen molar-refractivity contribution in [3.05, 3.63) is 23.6 Å². The van der Waals surface area contributed by atoms with Crippen LogP contribution in [0, 0.1) is 12.9 Å². The van der Waals surface area contributed by atoms with Crippen LogP contribution in [0.3, 0.4) is 0 Å². The Morgan fingerprint density at radius 1 is 1.67 bits per heavy atom. The average molecular weight is 214 g/mol. The third-order valence-electron chi connectivity index (χ3n) is 1.64. The summed E-state index contributed by atoms with van der Waals surface area (Å²) in [5, 5.41) is 10.4. The molecule has 1 aromatic heterocycles. The minimum atomic E-state index is -1.12. The number of rotatable bonds is 4. The molecule has 0 fully saturated rings. The number of halogens is 1. The molecule has 5 nitrogen and oxygen atoms in total. The number of nitrogens with one attached hydrogen (secondary N) is 1. The molecule has 0 radical (unpaired) electrons. The molecular weight excluding hydrogens is 203 g/mol. The van der Waals surface area contributed by atoms with Gasteiger partial charge in [0.25, 0.3) is 0 Å². The molecule has 0 aliphatic heterocycles. The predicted molar refractivity (Wildman–Crippen MR) is 50.5 cm³/mol. The Labute approximate surface area is 85.9 Å². The van der Waals surface area contributed by atoms with Gasteiger partial charge in [0.15, 0.2) is 0 Å². The smallest absolute Gasteiger partial charge is 0.404 e. The average Bonchev–Trinajstić information content (AvgIpc) is 2.18. The zero-order valence-corrected chi connectivity index (χ0v) is 8.16. The van der Waals surface area contributed by atoms with Gasteiger partial charge in [0, 0.05) is 11.6 Å². The van der Waals surface area contributed by atoms with Gasteiger partial charge in [0.1, 0.15) is 6.61 Å². The van der Waals surface area contributed by atoms with E-state index in [0.29, 0.717) is 5.56 Å². The molecule has 0 aliphatic rings. The molecule has 6 heteroatoms. The fourth-order valence-electron chi connectivity index (χ4n) is 0.881. The largest absolute Gasteiger partial charge is 0.476 e. The first-order valence-electron chi connectivity index (χ1n) is 4.32. The van der Waals surface area contributed by atoms with Gasteiger partial charge in [-0.1, -0.05) is 0 Å². The number of aromatic nitrogens is 1. The molecule has 1 rings (SSSR count). The van der Waals surface area contributed by atoms with Crippen molar-refractivity contribution >= 4 is 6.09 Å². The molecule has 0 atom stereocenters. The lowest BCUT2D eigenvalue weighted by atomic mass is 10.3. The molecule has 0 aromatic carbocycles. The van der Waals surface area contributed by atoms with E-state index >= 15 is 0 Å². The van der Waals surface area contributed by atoms with E-state index in [1.54, 1.807) is 13.0 Å². The molecule has 0 saturated heterocycles. The molecule has 0 unspecified atom stereocenters. The van der Waals surface area contributed by atoms with Gasteiger partial charge in [-0.15, -0.1) is 0 Å². The number of hydrogen-bond donors (Lipinski definition) is 2. The van der Waals surface area contributed by atoms with E-state index in [4.69, 9.17) is 9.84 Å². The minimum absolute atomic E-state index is 0.113. The van der Waals surface area contributed by atoms with Crippen molar-refractivity contribution in [3.63, 3.8) is 0 Å². The van der Waals surface area contributed by atoms with E-state index in [1.807, 2.05) is 0 Å². The van der Waals surface area contributed by atoms with Gasteiger partial charge >= 0.3 is 6.09 Å². The quantitative estimate of drug-likeness (QED) is 0.583. The summed E-state index contributed by atoms with van der Waals surface area (Å²) >= 11 is 0. The summed E-state index contributed by atoms with van der Waals surface area (Å²) in [6.07, 6.45) is -1.12. The molecule has 1 aromatic rings. The number of carbonyl (C=O) groups is 1. The lowest BCUT2D eigenvalue weighted by molar-refractivity contribution is 0.190. The number of ether oxygens (including phenoxy) is 1. The Hall–Kier alpha value is -1.85. The number of hydrogen-bond acceptors (Lipinski definition) is 3. The third-order valence-corrected chi connectivity index (χ3v) is 1.64. The van der Waals surface area contributed by atoms with Gasteiger partial charge in [-0.25, -0.2) is 4.79 Å². The number of pyridine rings is 1. The normalized spacial score (nSPS) is 9.73. The van der Waals surface area contributed by atoms with Crippen LogP contribution in [0.2, 0.25) is 0 Å². The molecule has 1 amide bonds. The van der Waals surface area contributed by atoms with Crippen LogP contribution in [-0.2, 0) is 0 Å². The van der Waals surface area contributed by atoms with Crippen molar-refractivity contribution in [3.8, 4) is 5.88 Å². The van der Waals surface area contributed by atoms with Gasteiger partial charge < -0.3 is 15.2 Å². The van der Waals surface area contributed by atoms with E-state index in [-0.39, 0.29) is 19.0 Å². The molecule has 0 spiro atoms. The van der Waals surface area contributed by atoms with Crippen LogP contribution in [-0.4, -0.2) is 29.3 Å². The lowest BCUT2D eigenvalue weighted by Gasteiger charge is -2.05. The highest BCUT2D eigenvalue weighted by atomic mass is 19.1. The van der Waals surface area contributed by atoms with Crippen molar-refractivity contribution in [2.75, 3.05) is 13.2 Å². The van der Waals surface area contributed by atoms with Crippen LogP contribution >= 0.6 is 0 Å². The van der Waals surface area contributed by atoms with Crippen molar-refractivity contribution in [2.24, 2.45) is 0 Å². The van der Waals surface area contributed by atoms with Crippen LogP contribution in [0.4, 0.5) is 9.18 Å². The van der Waals surface area contributed by atoms with Crippen molar-refractivity contribution < 1.29 is 19.0 Å². The van der Waals surface area contributed by atoms with E-state index < -0.39 is 12.0 Å². The van der Waals surface area contributed by atoms with Crippen LogP contribution < -0.4 is 10.1 Å². The fourth-order valence-corrected chi connectivity index (χ4v) is 0.881. The number of nitrogens with zero attached hydrogens (tertiary/aromatic N) is 1. The maximum Gasteiger partial charge on any atom is 0.404 e. The molecule has 0 aliphatic carbocycles. The SMILES string of the molecule is Cc1ccc(OCCNC(=O)O)nc1F. The number of aryl methyl sites for hydroxylation is 1. The molecule has 1 heterocycles. The molecule has 82 valence electrons. The standard InChI is InChI=1S/C9H11FN2O3/c1-6-2-3-7(12-8(6)10)15-5-4-11-9(13)14/h2-3,11H,4-5H2,1H3,(H,13,14). The zero-order chi connectivity index (χ0) is 11.3. The Morgan fingerprint density at radius 2 is 2.40 bits per heavy atom. The maximum atomic E-state index is 12.9. The molecule has 2 N–H and O–H groups in total. The van der Waals surface area contributed by atoms with E-state index in [1.165, 1.54) is 6.07 Å². The minimum Gasteiger partial charge on any atom is -0.476 e. The third kappa shape index (κ3) is 3.80. The number of carboxylic acid groups (broad SMARTS) is 1. The first kappa shape index (κ1) is 11.2. The molecule has 0 bridgehead atoms. The summed E-state index contributed by atoms with van der Waals surface area (Å²) in [5.41, 5.74) is 0.436. The highest BCUT2D eigenvalue weighted by Crippen LogP contribution is 2.10. The highest BCUT2D eigenvalue weighted by Gasteiger charge is 2.01. The Bertz CT molecular complexity index is 357. The number of amides is 1. The van der Waals surface area contributed by atoms with Crippen LogP contribution in [0.5, 0.6) is 5.88 Å². The van der Waals surface area contributed by atoms with Crippen LogP contribution in [0.15, 0.2) is 12.1 Å². The van der Waals surface area contributed by atoms with Gasteiger partial charge in [-0.2, -0.15) is 9.37 Å². The fraction of sp³-hybridized carbons (Fsp3) is 0.333. The summed E-state index contributed by atoms with van der Waals surface area (Å²) in [6.45, 7) is 1.84. The Balaban J connectivity index is 2.38. The maximum absolute atomic E-state index is 12.9. The van der Waals surface area contributed by atoms with E-state index in [2.05, 4.69) is 10.3 Å². The second kappa shape index (κ2) is 5.14. The first-order valence-corrected chi connectivity index (χ1v) is 4.32. The van der Waals surface area contributed by atoms with Crippen LogP contribution in [0.25, 0.3) is 0 Å². The Kier molecular flexibility index (Phi) is 3.84. The van der Waals surface area contributed by atoms with Gasteiger partial charge in [0.2, 0.25) is 11.8 Å². The van der Waals surface area contributed by atoms with Crippen molar-refractivity contribution in [1.29, 1.82) is 0 Å². The monoisotopic (exact) mass is 214 g/mol. The van der Waals surface area contributed by atoms with Gasteiger partial charge in [-0.3, -0.25) is 0 Å². The van der Waals surface area contributed by atoms with Crippen LogP contribution in [0.1, 0.15) is 5.56 Å². The second-order valence-corrected chi connectivity index (χ2v) is 2.84. The van der Waals surface area contributed by atoms with E-state index in [9.17, 15) is 9.18 Å². The molecule has 15 heavy (non-hydrogen) atoms. The first-order chi connectivity index (χ1) is 7.09. The summed E-state index contributed by atoms with van der Waals surface area (Å²) in [7, 11) is 0. The molecule has 0 saturated carbocycles. The zero-order valence-electron chi connectivity index (χ0n) is 8.16.